The van der Waals surface area contributed by atoms with Crippen LogP contribution in [0.1, 0.15) is 74.4 Å². The highest BCUT2D eigenvalue weighted by molar-refractivity contribution is 6.74. The number of carboxylic acids is 1. The molecule has 2 fully saturated rings. The molecule has 0 bridgehead atoms. The lowest BCUT2D eigenvalue weighted by Gasteiger charge is -2.54. The number of imidazole rings is 1. The quantitative estimate of drug-likeness (QED) is 0.364. The van der Waals surface area contributed by atoms with Crippen molar-refractivity contribution in [1.82, 2.24) is 19.5 Å². The van der Waals surface area contributed by atoms with Crippen molar-refractivity contribution in [3.8, 4) is 0 Å². The highest BCUT2D eigenvalue weighted by Gasteiger charge is 2.66. The van der Waals surface area contributed by atoms with E-state index in [1.54, 1.807) is 4.57 Å². The van der Waals surface area contributed by atoms with Crippen LogP contribution in [0.25, 0.3) is 17.2 Å². The van der Waals surface area contributed by atoms with Crippen LogP contribution in [0.4, 0.5) is 0 Å². The molecule has 0 amide bonds. The number of hydrogen-bond acceptors (Lipinski definition) is 8. The number of hydrogen-bond donors (Lipinski definition) is 2. The fourth-order valence-corrected chi connectivity index (χ4v) is 11.8. The minimum absolute atomic E-state index is 0.0788. The first-order valence-electron chi connectivity index (χ1n) is 13.7. The molecule has 0 aromatic carbocycles. The topological polar surface area (TPSA) is 138 Å². The molecule has 222 valence electrons. The number of fused-ring (bicyclic) bond motifs is 2. The van der Waals surface area contributed by atoms with Crippen LogP contribution in [0.2, 0.25) is 28.2 Å². The Hall–Kier alpha value is -2.17. The Kier molecular flexibility index (Phi) is 7.68. The maximum Gasteiger partial charge on any atom is 0.349 e. The summed E-state index contributed by atoms with van der Waals surface area (Å²) >= 11 is 0. The van der Waals surface area contributed by atoms with Crippen LogP contribution in [0.15, 0.2) is 17.2 Å². The maximum atomic E-state index is 12.8. The SMILES string of the molecule is CC(C)(C)[Si](C)(C)O[C@@H]1[C@@H]2O[Si](C(C)(C)C)(C(C)(C)C)OC[C@H]2O[C@H]1n1cnc2c(=O)[nH]c(/C=C/C(=O)O)nc21. The number of ether oxygens (including phenoxy) is 1. The molecule has 0 saturated carbocycles. The van der Waals surface area contributed by atoms with Gasteiger partial charge in [0.25, 0.3) is 5.56 Å². The number of aromatic nitrogens is 4. The highest BCUT2D eigenvalue weighted by Crippen LogP contribution is 2.56. The van der Waals surface area contributed by atoms with Crippen molar-refractivity contribution >= 4 is 40.1 Å². The van der Waals surface area contributed by atoms with Gasteiger partial charge in [-0.05, 0) is 24.2 Å². The number of aromatic amines is 1. The first-order chi connectivity index (χ1) is 18.2. The maximum absolute atomic E-state index is 12.8. The van der Waals surface area contributed by atoms with Crippen molar-refractivity contribution in [3.63, 3.8) is 0 Å². The highest BCUT2D eigenvalue weighted by atomic mass is 28.4. The van der Waals surface area contributed by atoms with Gasteiger partial charge in [0, 0.05) is 16.2 Å². The summed E-state index contributed by atoms with van der Waals surface area (Å²) in [7, 11) is -5.18. The standard InChI is InChI=1S/C27H44N4O7Si2/c1-25(2,3)39(10,11)37-21-20-16(14-35-40(38-20,26(4,5)6)27(7,8)9)36-24(21)31-15-28-19-22(31)29-17(30-23(19)34)12-13-18(32)33/h12-13,15-16,20-21,24H,14H2,1-11H3,(H,32,33)(H,29,30,34)/b13-12+/t16-,20-,21-,24-/m1/s1. The third-order valence-electron chi connectivity index (χ3n) is 8.36. The number of H-pyrrole nitrogens is 1. The molecule has 2 aliphatic rings. The molecule has 0 unspecified atom stereocenters. The molecule has 0 aliphatic carbocycles. The molecule has 0 radical (unpaired) electrons. The van der Waals surface area contributed by atoms with E-state index in [9.17, 15) is 9.59 Å². The van der Waals surface area contributed by atoms with Gasteiger partial charge in [0.2, 0.25) is 0 Å². The van der Waals surface area contributed by atoms with E-state index >= 15 is 0 Å². The predicted octanol–water partition coefficient (Wildman–Crippen LogP) is 4.96. The number of carbonyl (C=O) groups is 1. The van der Waals surface area contributed by atoms with Crippen LogP contribution in [0.3, 0.4) is 0 Å². The van der Waals surface area contributed by atoms with Crippen molar-refractivity contribution < 1.29 is 27.9 Å². The number of aliphatic carboxylic acids is 1. The van der Waals surface area contributed by atoms with E-state index < -0.39 is 52.9 Å². The summed E-state index contributed by atoms with van der Waals surface area (Å²) < 4.78 is 29.2. The Balaban J connectivity index is 1.85. The van der Waals surface area contributed by atoms with Crippen LogP contribution in [-0.2, 0) is 22.8 Å². The van der Waals surface area contributed by atoms with Gasteiger partial charge in [0.1, 0.15) is 24.1 Å². The number of rotatable bonds is 5. The lowest BCUT2D eigenvalue weighted by atomic mass is 10.1. The van der Waals surface area contributed by atoms with Gasteiger partial charge in [-0.1, -0.05) is 62.3 Å². The van der Waals surface area contributed by atoms with E-state index in [1.807, 2.05) is 0 Å². The molecule has 40 heavy (non-hydrogen) atoms. The van der Waals surface area contributed by atoms with Gasteiger partial charge in [-0.15, -0.1) is 0 Å². The molecule has 0 spiro atoms. The monoisotopic (exact) mass is 592 g/mol. The first-order valence-corrected chi connectivity index (χ1v) is 18.4. The molecule has 4 rings (SSSR count). The molecule has 2 saturated heterocycles. The third-order valence-corrected chi connectivity index (χ3v) is 18.0. The second kappa shape index (κ2) is 9.98. The average molecular weight is 593 g/mol. The summed E-state index contributed by atoms with van der Waals surface area (Å²) in [4.78, 5) is 35.3. The lowest BCUT2D eigenvalue weighted by Crippen LogP contribution is -2.66. The predicted molar refractivity (Wildman–Crippen MR) is 157 cm³/mol. The van der Waals surface area contributed by atoms with Crippen LogP contribution >= 0.6 is 0 Å². The van der Waals surface area contributed by atoms with Gasteiger partial charge in [-0.25, -0.2) is 14.8 Å². The molecule has 13 heteroatoms. The van der Waals surface area contributed by atoms with Crippen molar-refractivity contribution in [3.05, 3.63) is 28.6 Å². The smallest absolute Gasteiger partial charge is 0.349 e. The zero-order chi connectivity index (χ0) is 30.1. The van der Waals surface area contributed by atoms with Gasteiger partial charge in [0.15, 0.2) is 25.7 Å². The van der Waals surface area contributed by atoms with Crippen molar-refractivity contribution in [1.29, 1.82) is 0 Å². The van der Waals surface area contributed by atoms with E-state index in [-0.39, 0.29) is 32.1 Å². The van der Waals surface area contributed by atoms with E-state index in [1.165, 1.54) is 12.4 Å². The molecule has 4 atom stereocenters. The second-order valence-electron chi connectivity index (χ2n) is 14.4. The van der Waals surface area contributed by atoms with Crippen molar-refractivity contribution in [2.24, 2.45) is 0 Å². The van der Waals surface area contributed by atoms with Gasteiger partial charge < -0.3 is 28.1 Å². The first kappa shape index (κ1) is 30.8. The van der Waals surface area contributed by atoms with Crippen LogP contribution < -0.4 is 5.56 Å². The minimum atomic E-state index is -2.85. The van der Waals surface area contributed by atoms with E-state index in [0.717, 1.165) is 6.08 Å². The van der Waals surface area contributed by atoms with Crippen molar-refractivity contribution in [2.45, 2.75) is 115 Å². The summed E-state index contributed by atoms with van der Waals surface area (Å²) in [5, 5.41) is 8.52. The van der Waals surface area contributed by atoms with Crippen LogP contribution in [-0.4, -0.2) is 72.4 Å². The average Bonchev–Trinajstić information content (AvgIpc) is 3.36. The molecule has 11 nitrogen and oxygen atoms in total. The second-order valence-corrected chi connectivity index (χ2v) is 23.9. The Morgan fingerprint density at radius 2 is 1.80 bits per heavy atom. The minimum Gasteiger partial charge on any atom is -0.478 e. The van der Waals surface area contributed by atoms with Crippen LogP contribution in [0.5, 0.6) is 0 Å². The molecule has 2 aromatic rings. The summed E-state index contributed by atoms with van der Waals surface area (Å²) in [6, 6.07) is 0. The van der Waals surface area contributed by atoms with Gasteiger partial charge in [0.05, 0.1) is 12.9 Å². The summed E-state index contributed by atoms with van der Waals surface area (Å²) in [5.74, 6) is -1.05. The normalized spacial score (nSPS) is 26.0. The van der Waals surface area contributed by atoms with Crippen LogP contribution in [0, 0.1) is 0 Å². The summed E-state index contributed by atoms with van der Waals surface area (Å²) in [5.41, 5.74) is -0.0721. The number of nitrogens with one attached hydrogen (secondary N) is 1. The Morgan fingerprint density at radius 1 is 1.18 bits per heavy atom. The zero-order valence-electron chi connectivity index (χ0n) is 25.5. The summed E-state index contributed by atoms with van der Waals surface area (Å²) in [6.45, 7) is 24.4. The molecular formula is C27H44N4O7Si2. The fourth-order valence-electron chi connectivity index (χ4n) is 5.55. The Morgan fingerprint density at radius 3 is 2.35 bits per heavy atom. The number of nitrogens with zero attached hydrogens (tertiary/aromatic N) is 3. The molecule has 2 aliphatic heterocycles. The van der Waals surface area contributed by atoms with Gasteiger partial charge in [-0.2, -0.15) is 0 Å². The molecule has 2 N–H and O–H groups in total. The zero-order valence-corrected chi connectivity index (χ0v) is 27.5. The van der Waals surface area contributed by atoms with Crippen molar-refractivity contribution in [2.75, 3.05) is 6.61 Å². The molecule has 4 heterocycles. The largest absolute Gasteiger partial charge is 0.478 e. The Bertz CT molecular complexity index is 1350. The summed E-state index contributed by atoms with van der Waals surface area (Å²) in [6.07, 6.45) is 1.70. The van der Waals surface area contributed by atoms with E-state index in [2.05, 4.69) is 90.4 Å². The van der Waals surface area contributed by atoms with E-state index in [0.29, 0.717) is 6.61 Å². The number of carboxylic acid groups (broad SMARTS) is 1. The van der Waals surface area contributed by atoms with Gasteiger partial charge >= 0.3 is 14.5 Å². The Labute approximate surface area is 237 Å². The van der Waals surface area contributed by atoms with Gasteiger partial charge in [-0.3, -0.25) is 9.36 Å². The fraction of sp³-hybridized carbons (Fsp3) is 0.704. The molecular weight excluding hydrogens is 548 g/mol. The lowest BCUT2D eigenvalue weighted by molar-refractivity contribution is -0.131. The third kappa shape index (κ3) is 5.27. The molecule has 2 aromatic heterocycles. The van der Waals surface area contributed by atoms with E-state index in [4.69, 9.17) is 23.1 Å².